The zero-order valence-electron chi connectivity index (χ0n) is 27.3. The van der Waals surface area contributed by atoms with E-state index in [-0.39, 0.29) is 19.6 Å². The van der Waals surface area contributed by atoms with Gasteiger partial charge in [0.05, 0.1) is 49.0 Å². The highest BCUT2D eigenvalue weighted by atomic mass is 79.9. The van der Waals surface area contributed by atoms with Crippen LogP contribution >= 0.6 is 63.7 Å². The lowest BCUT2D eigenvalue weighted by molar-refractivity contribution is 0.590. The molecule has 0 amide bonds. The summed E-state index contributed by atoms with van der Waals surface area (Å²) in [6, 6.07) is 25.9. The highest BCUT2D eigenvalue weighted by Crippen LogP contribution is 2.36. The van der Waals surface area contributed by atoms with Crippen LogP contribution in [0.4, 0.5) is 0 Å². The lowest BCUT2D eigenvalue weighted by atomic mass is 10.3. The molecule has 0 aliphatic carbocycles. The van der Waals surface area contributed by atoms with Crippen molar-refractivity contribution in [2.75, 3.05) is 0 Å². The SMILES string of the molecule is O=S(=O)(c1ccc(Br)cc1)c1cc(S(=O)(=O)c2ccc(Br)cc2)cc(S(=O)(=O)c2cc(S(=O)(=O)c3ccc(Br)cc3)cc(S(=O)(=O)c3ccc(Br)cc3)c2)c1. The Morgan fingerprint density at radius 1 is 0.218 bits per heavy atom. The van der Waals surface area contributed by atoms with Crippen LogP contribution in [0.2, 0.25) is 0 Å². The number of halogens is 4. The van der Waals surface area contributed by atoms with Crippen molar-refractivity contribution in [2.24, 2.45) is 0 Å². The van der Waals surface area contributed by atoms with E-state index in [1.807, 2.05) is 0 Å². The van der Waals surface area contributed by atoms with E-state index < -0.39 is 78.6 Å². The lowest BCUT2D eigenvalue weighted by Crippen LogP contribution is -2.12. The number of hydrogen-bond acceptors (Lipinski definition) is 10. The van der Waals surface area contributed by atoms with E-state index in [9.17, 15) is 42.1 Å². The Balaban J connectivity index is 1.64. The van der Waals surface area contributed by atoms with E-state index in [1.165, 1.54) is 97.1 Å². The fourth-order valence-electron chi connectivity index (χ4n) is 5.16. The number of benzene rings is 6. The minimum Gasteiger partial charge on any atom is -0.219 e. The second-order valence-corrected chi connectivity index (χ2v) is 25.0. The molecule has 0 aliphatic rings. The largest absolute Gasteiger partial charge is 0.219 e. The zero-order valence-corrected chi connectivity index (χ0v) is 37.8. The number of rotatable bonds is 10. The Kier molecular flexibility index (Phi) is 11.6. The molecule has 19 heteroatoms. The second-order valence-electron chi connectivity index (χ2n) is 11.6. The van der Waals surface area contributed by atoms with Crippen molar-refractivity contribution in [2.45, 2.75) is 49.0 Å². The van der Waals surface area contributed by atoms with Crippen molar-refractivity contribution in [1.29, 1.82) is 0 Å². The Hall–Kier alpha value is -3.01. The van der Waals surface area contributed by atoms with Crippen molar-refractivity contribution >= 4 is 113 Å². The molecule has 55 heavy (non-hydrogen) atoms. The van der Waals surface area contributed by atoms with Crippen molar-refractivity contribution in [3.05, 3.63) is 151 Å². The Labute approximate surface area is 351 Å². The molecule has 6 rings (SSSR count). The molecule has 0 bridgehead atoms. The van der Waals surface area contributed by atoms with Gasteiger partial charge in [-0.15, -0.1) is 0 Å². The van der Waals surface area contributed by atoms with Crippen molar-refractivity contribution in [1.82, 2.24) is 0 Å². The molecule has 0 fully saturated rings. The first kappa shape index (κ1) is 41.6. The molecule has 0 N–H and O–H groups in total. The molecule has 0 spiro atoms. The first-order valence-corrected chi connectivity index (χ1v) is 25.8. The summed E-state index contributed by atoms with van der Waals surface area (Å²) in [5, 5.41) is 0. The maximum Gasteiger partial charge on any atom is 0.206 e. The standard InChI is InChI=1S/C36H22Br4O10S5/c37-23-1-9-27(10-2-23)51(41,42)31-17-32(52(43,44)28-11-3-24(38)4-12-28)20-35(19-31)55(49,50)36-21-33(53(45,46)29-13-5-25(39)6-14-29)18-34(22-36)54(47,48)30-15-7-26(40)8-16-30/h1-22H. The van der Waals surface area contributed by atoms with Gasteiger partial charge in [-0.25, -0.2) is 42.1 Å². The van der Waals surface area contributed by atoms with Gasteiger partial charge in [-0.3, -0.25) is 0 Å². The average molecular weight is 1090 g/mol. The van der Waals surface area contributed by atoms with Crippen LogP contribution in [0.1, 0.15) is 0 Å². The quantitative estimate of drug-likeness (QED) is 0.129. The minimum atomic E-state index is -5.11. The summed E-state index contributed by atoms with van der Waals surface area (Å²) < 4.78 is 143. The highest BCUT2D eigenvalue weighted by Gasteiger charge is 2.32. The molecular weight excluding hydrogens is 1070 g/mol. The van der Waals surface area contributed by atoms with Gasteiger partial charge in [-0.1, -0.05) is 63.7 Å². The molecule has 284 valence electrons. The van der Waals surface area contributed by atoms with Gasteiger partial charge in [-0.05, 0) is 133 Å². The van der Waals surface area contributed by atoms with Crippen LogP contribution < -0.4 is 0 Å². The van der Waals surface area contributed by atoms with Crippen LogP contribution in [0.25, 0.3) is 0 Å². The van der Waals surface area contributed by atoms with Crippen molar-refractivity contribution in [3.63, 3.8) is 0 Å². The van der Waals surface area contributed by atoms with Crippen LogP contribution in [0, 0.1) is 0 Å². The minimum absolute atomic E-state index is 0.289. The topological polar surface area (TPSA) is 171 Å². The molecule has 0 aliphatic heterocycles. The number of sulfone groups is 5. The molecule has 10 nitrogen and oxygen atoms in total. The Bertz CT molecular complexity index is 2660. The van der Waals surface area contributed by atoms with Crippen molar-refractivity contribution in [3.8, 4) is 0 Å². The molecule has 0 saturated heterocycles. The molecular formula is C36H22Br4O10S5. The summed E-state index contributed by atoms with van der Waals surface area (Å²) in [6.07, 6.45) is 0. The van der Waals surface area contributed by atoms with Crippen LogP contribution in [0.3, 0.4) is 0 Å². The summed E-state index contributed by atoms with van der Waals surface area (Å²) in [5.74, 6) is 0. The normalized spacial score (nSPS) is 12.7. The van der Waals surface area contributed by atoms with Crippen LogP contribution in [0.5, 0.6) is 0 Å². The maximum absolute atomic E-state index is 14.7. The third kappa shape index (κ3) is 8.36. The Morgan fingerprint density at radius 2 is 0.345 bits per heavy atom. The van der Waals surface area contributed by atoms with E-state index in [2.05, 4.69) is 63.7 Å². The van der Waals surface area contributed by atoms with E-state index in [0.717, 1.165) is 36.4 Å². The molecule has 0 saturated carbocycles. The molecule has 0 atom stereocenters. The fourth-order valence-corrected chi connectivity index (χ4v) is 13.4. The zero-order chi connectivity index (χ0) is 40.1. The van der Waals surface area contributed by atoms with Gasteiger partial charge in [-0.2, -0.15) is 0 Å². The third-order valence-electron chi connectivity index (χ3n) is 8.06. The maximum atomic E-state index is 14.7. The van der Waals surface area contributed by atoms with Gasteiger partial charge < -0.3 is 0 Å². The summed E-state index contributed by atoms with van der Waals surface area (Å²) in [4.78, 5) is -5.75. The summed E-state index contributed by atoms with van der Waals surface area (Å²) >= 11 is 12.9. The van der Waals surface area contributed by atoms with Gasteiger partial charge >= 0.3 is 0 Å². The average Bonchev–Trinajstić information content (AvgIpc) is 3.15. The van der Waals surface area contributed by atoms with E-state index in [0.29, 0.717) is 17.9 Å². The predicted octanol–water partition coefficient (Wildman–Crippen LogP) is 8.90. The van der Waals surface area contributed by atoms with Gasteiger partial charge in [0.1, 0.15) is 0 Å². The van der Waals surface area contributed by atoms with Gasteiger partial charge in [0, 0.05) is 17.9 Å². The third-order valence-corrected chi connectivity index (χ3v) is 18.9. The Morgan fingerprint density at radius 3 is 0.491 bits per heavy atom. The van der Waals surface area contributed by atoms with Gasteiger partial charge in [0.25, 0.3) is 0 Å². The van der Waals surface area contributed by atoms with E-state index >= 15 is 0 Å². The van der Waals surface area contributed by atoms with Gasteiger partial charge in [0.2, 0.25) is 49.2 Å². The molecule has 0 radical (unpaired) electrons. The summed E-state index contributed by atoms with van der Waals surface area (Å²) in [5.41, 5.74) is 0. The van der Waals surface area contributed by atoms with E-state index in [4.69, 9.17) is 0 Å². The molecule has 6 aromatic rings. The first-order valence-electron chi connectivity index (χ1n) is 15.2. The smallest absolute Gasteiger partial charge is 0.206 e. The monoisotopic (exact) mass is 1090 g/mol. The van der Waals surface area contributed by atoms with E-state index in [1.54, 1.807) is 0 Å². The van der Waals surface area contributed by atoms with Gasteiger partial charge in [0.15, 0.2) is 0 Å². The van der Waals surface area contributed by atoms with Crippen LogP contribution in [0.15, 0.2) is 200 Å². The summed E-state index contributed by atoms with van der Waals surface area (Å²) in [6.45, 7) is 0. The predicted molar refractivity (Wildman–Crippen MR) is 217 cm³/mol. The van der Waals surface area contributed by atoms with Crippen LogP contribution in [-0.2, 0) is 49.2 Å². The molecule has 6 aromatic carbocycles. The van der Waals surface area contributed by atoms with Crippen LogP contribution in [-0.4, -0.2) is 42.1 Å². The second kappa shape index (κ2) is 15.4. The highest BCUT2D eigenvalue weighted by molar-refractivity contribution is 9.11. The molecule has 0 unspecified atom stereocenters. The lowest BCUT2D eigenvalue weighted by Gasteiger charge is -2.15. The first-order chi connectivity index (χ1) is 25.6. The van der Waals surface area contributed by atoms with Crippen molar-refractivity contribution < 1.29 is 42.1 Å². The molecule has 0 aromatic heterocycles. The fraction of sp³-hybridized carbons (Fsp3) is 0. The summed E-state index contributed by atoms with van der Waals surface area (Å²) in [7, 11) is -23.5. The number of hydrogen-bond donors (Lipinski definition) is 0. The molecule has 0 heterocycles.